The number of likely N-dealkylation sites (N-methyl/N-ethyl adjacent to an activating group) is 1. The number of nitrogens with zero attached hydrogens (tertiary/aromatic N) is 2. The van der Waals surface area contributed by atoms with Crippen LogP contribution in [0.4, 0.5) is 8.78 Å². The summed E-state index contributed by atoms with van der Waals surface area (Å²) in [5.74, 6) is -0.363. The smallest absolute Gasteiger partial charge is 0.126 e. The maximum absolute atomic E-state index is 13.9. The Hall–Kier alpha value is -2.20. The second-order valence-corrected chi connectivity index (χ2v) is 6.57. The van der Waals surface area contributed by atoms with Gasteiger partial charge in [0, 0.05) is 42.7 Å². The summed E-state index contributed by atoms with van der Waals surface area (Å²) in [6, 6.07) is 11.9. The van der Waals surface area contributed by atoms with Crippen molar-refractivity contribution in [2.45, 2.75) is 25.9 Å². The van der Waals surface area contributed by atoms with E-state index in [1.54, 1.807) is 12.1 Å². The Morgan fingerprint density at radius 2 is 1.92 bits per heavy atom. The molecule has 124 valence electrons. The predicted octanol–water partition coefficient (Wildman–Crippen LogP) is 4.15. The highest BCUT2D eigenvalue weighted by Gasteiger charge is 2.22. The lowest BCUT2D eigenvalue weighted by Gasteiger charge is -2.24. The first kappa shape index (κ1) is 15.3. The summed E-state index contributed by atoms with van der Waals surface area (Å²) in [7, 11) is 2.09. The van der Waals surface area contributed by atoms with Gasteiger partial charge in [0.1, 0.15) is 11.6 Å². The van der Waals surface area contributed by atoms with E-state index in [1.165, 1.54) is 23.4 Å². The van der Waals surface area contributed by atoms with Crippen molar-refractivity contribution in [3.8, 4) is 0 Å². The lowest BCUT2D eigenvalue weighted by Crippen LogP contribution is -2.27. The minimum Gasteiger partial charge on any atom is -0.344 e. The van der Waals surface area contributed by atoms with Crippen molar-refractivity contribution in [2.24, 2.45) is 0 Å². The van der Waals surface area contributed by atoms with E-state index in [2.05, 4.69) is 16.5 Å². The Morgan fingerprint density at radius 3 is 2.75 bits per heavy atom. The maximum atomic E-state index is 13.9. The number of rotatable bonds is 3. The van der Waals surface area contributed by atoms with Gasteiger partial charge in [-0.2, -0.15) is 0 Å². The molecule has 24 heavy (non-hydrogen) atoms. The van der Waals surface area contributed by atoms with Crippen LogP contribution in [0.15, 0.2) is 42.5 Å². The average Bonchev–Trinajstić information content (AvgIpc) is 2.87. The highest BCUT2D eigenvalue weighted by molar-refractivity contribution is 5.86. The van der Waals surface area contributed by atoms with E-state index in [1.807, 2.05) is 18.2 Å². The second-order valence-electron chi connectivity index (χ2n) is 6.57. The van der Waals surface area contributed by atoms with Gasteiger partial charge < -0.3 is 9.47 Å². The van der Waals surface area contributed by atoms with Crippen LogP contribution in [0.2, 0.25) is 0 Å². The van der Waals surface area contributed by atoms with Crippen LogP contribution in [0.1, 0.15) is 16.8 Å². The third-order valence-electron chi connectivity index (χ3n) is 4.97. The van der Waals surface area contributed by atoms with Gasteiger partial charge in [0.15, 0.2) is 0 Å². The van der Waals surface area contributed by atoms with Gasteiger partial charge in [0.25, 0.3) is 0 Å². The third kappa shape index (κ3) is 2.61. The predicted molar refractivity (Wildman–Crippen MR) is 92.0 cm³/mol. The van der Waals surface area contributed by atoms with E-state index in [9.17, 15) is 8.78 Å². The van der Waals surface area contributed by atoms with Crippen LogP contribution in [0, 0.1) is 11.6 Å². The summed E-state index contributed by atoms with van der Waals surface area (Å²) < 4.78 is 29.9. The lowest BCUT2D eigenvalue weighted by molar-refractivity contribution is 0.309. The molecule has 4 heteroatoms. The molecule has 0 fully saturated rings. The molecule has 2 aromatic carbocycles. The van der Waals surface area contributed by atoms with Crippen LogP contribution in [0.25, 0.3) is 10.9 Å². The maximum Gasteiger partial charge on any atom is 0.126 e. The van der Waals surface area contributed by atoms with Gasteiger partial charge in [-0.3, -0.25) is 0 Å². The first-order valence-electron chi connectivity index (χ1n) is 8.35. The van der Waals surface area contributed by atoms with Gasteiger partial charge in [-0.1, -0.05) is 18.2 Å². The van der Waals surface area contributed by atoms with Crippen molar-refractivity contribution in [3.05, 3.63) is 70.9 Å². The summed E-state index contributed by atoms with van der Waals surface area (Å²) in [4.78, 5) is 2.26. The fraction of sp³-hybridized carbons (Fsp3) is 0.300. The topological polar surface area (TPSA) is 8.17 Å². The molecule has 0 bridgehead atoms. The number of halogens is 2. The SMILES string of the molecule is CN1CCc2c(c3cc(F)ccc3n2CCc2ccccc2F)C1. The molecular formula is C20H20F2N2. The molecule has 1 aliphatic rings. The Morgan fingerprint density at radius 1 is 1.08 bits per heavy atom. The summed E-state index contributed by atoms with van der Waals surface area (Å²) in [6.45, 7) is 2.54. The van der Waals surface area contributed by atoms with Crippen molar-refractivity contribution in [1.29, 1.82) is 0 Å². The van der Waals surface area contributed by atoms with Crippen LogP contribution in [0.3, 0.4) is 0 Å². The minimum atomic E-state index is -0.204. The van der Waals surface area contributed by atoms with E-state index in [4.69, 9.17) is 0 Å². The molecule has 2 heterocycles. The van der Waals surface area contributed by atoms with Crippen molar-refractivity contribution < 1.29 is 8.78 Å². The molecule has 0 aliphatic carbocycles. The normalized spacial score (nSPS) is 15.0. The molecule has 0 saturated heterocycles. The Labute approximate surface area is 140 Å². The molecule has 1 aromatic heterocycles. The highest BCUT2D eigenvalue weighted by atomic mass is 19.1. The summed E-state index contributed by atoms with van der Waals surface area (Å²) in [5, 5.41) is 0.991. The lowest BCUT2D eigenvalue weighted by atomic mass is 10.0. The van der Waals surface area contributed by atoms with E-state index >= 15 is 0 Å². The summed E-state index contributed by atoms with van der Waals surface area (Å²) >= 11 is 0. The molecule has 0 spiro atoms. The molecule has 3 aromatic rings. The fourth-order valence-electron chi connectivity index (χ4n) is 3.75. The van der Waals surface area contributed by atoms with Crippen LogP contribution in [-0.2, 0) is 25.9 Å². The zero-order chi connectivity index (χ0) is 16.7. The largest absolute Gasteiger partial charge is 0.344 e. The number of benzene rings is 2. The fourth-order valence-corrected chi connectivity index (χ4v) is 3.75. The van der Waals surface area contributed by atoms with Crippen molar-refractivity contribution in [2.75, 3.05) is 13.6 Å². The van der Waals surface area contributed by atoms with Crippen LogP contribution in [-0.4, -0.2) is 23.1 Å². The highest BCUT2D eigenvalue weighted by Crippen LogP contribution is 2.31. The Balaban J connectivity index is 1.76. The van der Waals surface area contributed by atoms with E-state index < -0.39 is 0 Å². The van der Waals surface area contributed by atoms with Gasteiger partial charge in [-0.25, -0.2) is 8.78 Å². The first-order valence-corrected chi connectivity index (χ1v) is 8.35. The van der Waals surface area contributed by atoms with Gasteiger partial charge in [0.2, 0.25) is 0 Å². The molecule has 0 radical (unpaired) electrons. The van der Waals surface area contributed by atoms with Crippen LogP contribution >= 0.6 is 0 Å². The number of aromatic nitrogens is 1. The third-order valence-corrected chi connectivity index (χ3v) is 4.97. The zero-order valence-corrected chi connectivity index (χ0v) is 13.7. The van der Waals surface area contributed by atoms with Gasteiger partial charge in [-0.05, 0) is 48.9 Å². The molecule has 0 N–H and O–H groups in total. The zero-order valence-electron chi connectivity index (χ0n) is 13.7. The Bertz CT molecular complexity index is 898. The van der Waals surface area contributed by atoms with Gasteiger partial charge >= 0.3 is 0 Å². The van der Waals surface area contributed by atoms with Crippen LogP contribution in [0.5, 0.6) is 0 Å². The molecule has 0 atom stereocenters. The molecule has 0 unspecified atom stereocenters. The molecule has 2 nitrogen and oxygen atoms in total. The summed E-state index contributed by atoms with van der Waals surface area (Å²) in [6.07, 6.45) is 1.58. The molecular weight excluding hydrogens is 306 g/mol. The quantitative estimate of drug-likeness (QED) is 0.702. The molecule has 1 aliphatic heterocycles. The standard InChI is InChI=1S/C20H20F2N2/c1-23-10-9-20-17(13-23)16-12-15(21)6-7-19(16)24(20)11-8-14-4-2-3-5-18(14)22/h2-7,12H,8-11,13H2,1H3. The molecule has 4 rings (SSSR count). The number of aryl methyl sites for hydroxylation is 2. The van der Waals surface area contributed by atoms with Crippen molar-refractivity contribution in [1.82, 2.24) is 9.47 Å². The van der Waals surface area contributed by atoms with E-state index in [0.717, 1.165) is 36.0 Å². The van der Waals surface area contributed by atoms with E-state index in [0.29, 0.717) is 13.0 Å². The number of hydrogen-bond acceptors (Lipinski definition) is 1. The van der Waals surface area contributed by atoms with Crippen molar-refractivity contribution >= 4 is 10.9 Å². The monoisotopic (exact) mass is 326 g/mol. The molecule has 0 amide bonds. The first-order chi connectivity index (χ1) is 11.6. The van der Waals surface area contributed by atoms with Crippen molar-refractivity contribution in [3.63, 3.8) is 0 Å². The second kappa shape index (κ2) is 6.02. The van der Waals surface area contributed by atoms with Gasteiger partial charge in [0.05, 0.1) is 0 Å². The van der Waals surface area contributed by atoms with Crippen LogP contribution < -0.4 is 0 Å². The van der Waals surface area contributed by atoms with E-state index in [-0.39, 0.29) is 11.6 Å². The molecule has 0 saturated carbocycles. The Kier molecular flexibility index (Phi) is 3.85. The average molecular weight is 326 g/mol. The summed E-state index contributed by atoms with van der Waals surface area (Å²) in [5.41, 5.74) is 4.26. The number of hydrogen-bond donors (Lipinski definition) is 0. The number of fused-ring (bicyclic) bond motifs is 3. The van der Waals surface area contributed by atoms with Gasteiger partial charge in [-0.15, -0.1) is 0 Å². The minimum absolute atomic E-state index is 0.159.